The average molecular weight is 354 g/mol. The second-order valence-corrected chi connectivity index (χ2v) is 8.13. The summed E-state index contributed by atoms with van der Waals surface area (Å²) in [5.74, 6) is 0. The Labute approximate surface area is 157 Å². The maximum atomic E-state index is 9.93. The summed E-state index contributed by atoms with van der Waals surface area (Å²) in [4.78, 5) is 2.52. The zero-order chi connectivity index (χ0) is 18.6. The first-order valence-electron chi connectivity index (χ1n) is 9.55. The Balaban J connectivity index is 1.62. The highest BCUT2D eigenvalue weighted by molar-refractivity contribution is 5.34. The number of rotatable bonds is 7. The predicted molar refractivity (Wildman–Crippen MR) is 106 cm³/mol. The molecule has 0 aromatic heterocycles. The standard InChI is InChI=1S/C23H31NO2/c1-23(2,25)11-9-18-7-8-22-16-24(12-10-21(22)14-18)15-19-5-4-6-20(13-19)17-26-3/h4-8,13-14,25H,9-12,15-17H2,1-3H3. The third-order valence-electron chi connectivity index (χ3n) is 5.10. The summed E-state index contributed by atoms with van der Waals surface area (Å²) in [5, 5.41) is 9.93. The summed E-state index contributed by atoms with van der Waals surface area (Å²) in [6.45, 7) is 7.52. The summed E-state index contributed by atoms with van der Waals surface area (Å²) >= 11 is 0. The van der Waals surface area contributed by atoms with E-state index < -0.39 is 5.60 Å². The second kappa shape index (κ2) is 8.34. The van der Waals surface area contributed by atoms with E-state index in [-0.39, 0.29) is 0 Å². The van der Waals surface area contributed by atoms with Crippen molar-refractivity contribution in [2.24, 2.45) is 0 Å². The van der Waals surface area contributed by atoms with Gasteiger partial charge < -0.3 is 9.84 Å². The van der Waals surface area contributed by atoms with E-state index in [0.29, 0.717) is 6.61 Å². The number of nitrogens with zero attached hydrogens (tertiary/aromatic N) is 1. The molecule has 0 saturated carbocycles. The van der Waals surface area contributed by atoms with Crippen molar-refractivity contribution in [1.29, 1.82) is 0 Å². The number of aliphatic hydroxyl groups is 1. The maximum absolute atomic E-state index is 9.93. The van der Waals surface area contributed by atoms with E-state index in [0.717, 1.165) is 38.9 Å². The van der Waals surface area contributed by atoms with Gasteiger partial charge in [-0.3, -0.25) is 4.90 Å². The smallest absolute Gasteiger partial charge is 0.0713 e. The molecule has 3 nitrogen and oxygen atoms in total. The van der Waals surface area contributed by atoms with Crippen LogP contribution in [0.15, 0.2) is 42.5 Å². The van der Waals surface area contributed by atoms with Gasteiger partial charge in [-0.1, -0.05) is 42.5 Å². The van der Waals surface area contributed by atoms with E-state index >= 15 is 0 Å². The minimum atomic E-state index is -0.593. The van der Waals surface area contributed by atoms with Gasteiger partial charge >= 0.3 is 0 Å². The molecule has 0 saturated heterocycles. The molecule has 0 atom stereocenters. The van der Waals surface area contributed by atoms with E-state index in [2.05, 4.69) is 47.4 Å². The Bertz CT molecular complexity index is 733. The lowest BCUT2D eigenvalue weighted by atomic mass is 9.93. The van der Waals surface area contributed by atoms with Crippen LogP contribution in [0.3, 0.4) is 0 Å². The molecule has 3 rings (SSSR count). The summed E-state index contributed by atoms with van der Waals surface area (Å²) in [5.41, 5.74) is 6.25. The van der Waals surface area contributed by atoms with Crippen LogP contribution >= 0.6 is 0 Å². The Morgan fingerprint density at radius 3 is 2.62 bits per heavy atom. The number of fused-ring (bicyclic) bond motifs is 1. The van der Waals surface area contributed by atoms with Crippen molar-refractivity contribution in [2.75, 3.05) is 13.7 Å². The highest BCUT2D eigenvalue weighted by Crippen LogP contribution is 2.23. The molecule has 1 aliphatic heterocycles. The van der Waals surface area contributed by atoms with Crippen LogP contribution in [0.25, 0.3) is 0 Å². The van der Waals surface area contributed by atoms with Crippen molar-refractivity contribution >= 4 is 0 Å². The van der Waals surface area contributed by atoms with Gasteiger partial charge in [0, 0.05) is 26.7 Å². The lowest BCUT2D eigenvalue weighted by Gasteiger charge is -2.29. The van der Waals surface area contributed by atoms with E-state index in [9.17, 15) is 5.11 Å². The highest BCUT2D eigenvalue weighted by Gasteiger charge is 2.18. The van der Waals surface area contributed by atoms with Crippen LogP contribution in [0.1, 0.15) is 48.1 Å². The van der Waals surface area contributed by atoms with Crippen molar-refractivity contribution < 1.29 is 9.84 Å². The van der Waals surface area contributed by atoms with Crippen molar-refractivity contribution in [3.8, 4) is 0 Å². The molecule has 3 heteroatoms. The number of methoxy groups -OCH3 is 1. The SMILES string of the molecule is COCc1cccc(CN2CCc3cc(CCC(C)(C)O)ccc3C2)c1. The number of aryl methyl sites for hydroxylation is 1. The molecule has 26 heavy (non-hydrogen) atoms. The summed E-state index contributed by atoms with van der Waals surface area (Å²) < 4.78 is 5.24. The molecule has 140 valence electrons. The van der Waals surface area contributed by atoms with Crippen molar-refractivity contribution in [3.63, 3.8) is 0 Å². The lowest BCUT2D eigenvalue weighted by Crippen LogP contribution is -2.30. The largest absolute Gasteiger partial charge is 0.390 e. The van der Waals surface area contributed by atoms with Gasteiger partial charge in [-0.2, -0.15) is 0 Å². The van der Waals surface area contributed by atoms with Gasteiger partial charge in [-0.15, -0.1) is 0 Å². The fourth-order valence-electron chi connectivity index (χ4n) is 3.65. The average Bonchev–Trinajstić information content (AvgIpc) is 2.60. The zero-order valence-corrected chi connectivity index (χ0v) is 16.3. The van der Waals surface area contributed by atoms with E-state index in [1.165, 1.54) is 27.8 Å². The van der Waals surface area contributed by atoms with Gasteiger partial charge in [-0.05, 0) is 60.9 Å². The molecule has 0 amide bonds. The predicted octanol–water partition coefficient (Wildman–Crippen LogP) is 4.09. The number of hydrogen-bond donors (Lipinski definition) is 1. The minimum absolute atomic E-state index is 0.593. The first-order chi connectivity index (χ1) is 12.4. The van der Waals surface area contributed by atoms with Crippen molar-refractivity contribution in [1.82, 2.24) is 4.90 Å². The Morgan fingerprint density at radius 1 is 1.04 bits per heavy atom. The molecule has 0 spiro atoms. The third kappa shape index (κ3) is 5.41. The van der Waals surface area contributed by atoms with Crippen LogP contribution in [0, 0.1) is 0 Å². The first-order valence-corrected chi connectivity index (χ1v) is 9.55. The topological polar surface area (TPSA) is 32.7 Å². The molecule has 0 bridgehead atoms. The van der Waals surface area contributed by atoms with Crippen LogP contribution in [0.5, 0.6) is 0 Å². The van der Waals surface area contributed by atoms with Crippen LogP contribution in [-0.2, 0) is 37.3 Å². The first kappa shape index (κ1) is 19.1. The van der Waals surface area contributed by atoms with E-state index in [1.54, 1.807) is 7.11 Å². The third-order valence-corrected chi connectivity index (χ3v) is 5.10. The zero-order valence-electron chi connectivity index (χ0n) is 16.3. The van der Waals surface area contributed by atoms with Gasteiger partial charge in [-0.25, -0.2) is 0 Å². The molecule has 1 N–H and O–H groups in total. The fraction of sp³-hybridized carbons (Fsp3) is 0.478. The summed E-state index contributed by atoms with van der Waals surface area (Å²) in [6.07, 6.45) is 2.84. The Hall–Kier alpha value is -1.68. The molecular formula is C23H31NO2. The van der Waals surface area contributed by atoms with Crippen molar-refractivity contribution in [2.45, 2.75) is 58.4 Å². The Morgan fingerprint density at radius 2 is 1.85 bits per heavy atom. The second-order valence-electron chi connectivity index (χ2n) is 8.13. The molecular weight excluding hydrogens is 322 g/mol. The van der Waals surface area contributed by atoms with Gasteiger partial charge in [0.05, 0.1) is 12.2 Å². The monoisotopic (exact) mass is 353 g/mol. The number of benzene rings is 2. The van der Waals surface area contributed by atoms with Crippen LogP contribution in [0.4, 0.5) is 0 Å². The lowest BCUT2D eigenvalue weighted by molar-refractivity contribution is 0.0714. The molecule has 1 heterocycles. The minimum Gasteiger partial charge on any atom is -0.390 e. The maximum Gasteiger partial charge on any atom is 0.0713 e. The number of hydrogen-bond acceptors (Lipinski definition) is 3. The molecule has 0 aliphatic carbocycles. The summed E-state index contributed by atoms with van der Waals surface area (Å²) in [6, 6.07) is 15.5. The molecule has 2 aromatic rings. The quantitative estimate of drug-likeness (QED) is 0.814. The molecule has 1 aliphatic rings. The van der Waals surface area contributed by atoms with Gasteiger partial charge in [0.15, 0.2) is 0 Å². The summed E-state index contributed by atoms with van der Waals surface area (Å²) in [7, 11) is 1.74. The number of ether oxygens (including phenoxy) is 1. The molecule has 2 aromatic carbocycles. The van der Waals surface area contributed by atoms with Gasteiger partial charge in [0.2, 0.25) is 0 Å². The van der Waals surface area contributed by atoms with Gasteiger partial charge in [0.1, 0.15) is 0 Å². The molecule has 0 unspecified atom stereocenters. The molecule has 0 fully saturated rings. The fourth-order valence-corrected chi connectivity index (χ4v) is 3.65. The van der Waals surface area contributed by atoms with Gasteiger partial charge in [0.25, 0.3) is 0 Å². The van der Waals surface area contributed by atoms with E-state index in [1.807, 2.05) is 13.8 Å². The van der Waals surface area contributed by atoms with E-state index in [4.69, 9.17) is 4.74 Å². The Kier molecular flexibility index (Phi) is 6.13. The highest BCUT2D eigenvalue weighted by atomic mass is 16.5. The van der Waals surface area contributed by atoms with Crippen LogP contribution < -0.4 is 0 Å². The van der Waals surface area contributed by atoms with Crippen molar-refractivity contribution in [3.05, 3.63) is 70.3 Å². The molecule has 0 radical (unpaired) electrons. The van der Waals surface area contributed by atoms with Crippen LogP contribution in [0.2, 0.25) is 0 Å². The van der Waals surface area contributed by atoms with Crippen LogP contribution in [-0.4, -0.2) is 29.3 Å². The normalized spacial score (nSPS) is 15.1.